The van der Waals surface area contributed by atoms with Gasteiger partial charge in [-0.3, -0.25) is 9.36 Å². The molecule has 42 heavy (non-hydrogen) atoms. The average molecular weight is 585 g/mol. The molecule has 9 N–H and O–H groups in total. The van der Waals surface area contributed by atoms with Gasteiger partial charge in [0.15, 0.2) is 23.2 Å². The first-order valence-electron chi connectivity index (χ1n) is 14.7. The maximum atomic E-state index is 12.7. The number of nitrogens with zero attached hydrogens (tertiary/aromatic N) is 4. The topological polar surface area (TPSA) is 210 Å². The van der Waals surface area contributed by atoms with Crippen molar-refractivity contribution in [2.75, 3.05) is 31.6 Å². The van der Waals surface area contributed by atoms with Crippen LogP contribution in [0.3, 0.4) is 0 Å². The lowest BCUT2D eigenvalue weighted by Gasteiger charge is -2.30. The molecule has 0 radical (unpaired) electrons. The van der Waals surface area contributed by atoms with Crippen LogP contribution < -0.4 is 22.5 Å². The summed E-state index contributed by atoms with van der Waals surface area (Å²) >= 11 is 0. The molecule has 0 aliphatic carbocycles. The van der Waals surface area contributed by atoms with Crippen LogP contribution in [0.4, 0.5) is 5.82 Å². The summed E-state index contributed by atoms with van der Waals surface area (Å²) in [5, 5.41) is 23.6. The van der Waals surface area contributed by atoms with Gasteiger partial charge in [-0.2, -0.15) is 0 Å². The van der Waals surface area contributed by atoms with E-state index in [0.717, 1.165) is 44.9 Å². The molecule has 1 saturated heterocycles. The van der Waals surface area contributed by atoms with E-state index in [2.05, 4.69) is 20.3 Å². The van der Waals surface area contributed by atoms with Crippen LogP contribution >= 0.6 is 0 Å². The second-order valence-electron chi connectivity index (χ2n) is 10.9. The molecule has 2 aromatic heterocycles. The fourth-order valence-corrected chi connectivity index (χ4v) is 5.43. The Kier molecular flexibility index (Phi) is 11.7. The predicted octanol–water partition coefficient (Wildman–Crippen LogP) is 1.45. The normalized spacial score (nSPS) is 20.8. The zero-order valence-electron chi connectivity index (χ0n) is 24.0. The molecule has 230 valence electrons. The molecule has 1 aliphatic rings. The largest absolute Gasteiger partial charge is 0.394 e. The molecule has 13 nitrogen and oxygen atoms in total. The van der Waals surface area contributed by atoms with E-state index in [0.29, 0.717) is 42.8 Å². The van der Waals surface area contributed by atoms with Gasteiger partial charge in [0.1, 0.15) is 24.6 Å². The number of nitrogens with two attached hydrogens (primary N) is 3. The SMILES string of the molecule is NCCCCC(N)(CCCCN)CCCO[C@@H]1[C@H](O)[C@@H](CO)O[C@H]1n1cnc2c(NC(=O)c3ccccc3)ncnc21. The molecule has 4 rings (SSSR count). The third-order valence-electron chi connectivity index (χ3n) is 7.78. The maximum Gasteiger partial charge on any atom is 0.256 e. The van der Waals surface area contributed by atoms with Crippen molar-refractivity contribution in [1.82, 2.24) is 19.5 Å². The maximum absolute atomic E-state index is 12.7. The van der Waals surface area contributed by atoms with Gasteiger partial charge in [0, 0.05) is 17.7 Å². The molecule has 0 unspecified atom stereocenters. The number of hydrogen-bond acceptors (Lipinski definition) is 11. The third kappa shape index (κ3) is 7.86. The fraction of sp³-hybridized carbons (Fsp3) is 0.586. The van der Waals surface area contributed by atoms with Gasteiger partial charge in [-0.15, -0.1) is 0 Å². The Labute approximate surface area is 245 Å². The Morgan fingerprint density at radius 1 is 1.02 bits per heavy atom. The molecule has 3 heterocycles. The summed E-state index contributed by atoms with van der Waals surface area (Å²) in [7, 11) is 0. The summed E-state index contributed by atoms with van der Waals surface area (Å²) in [6.07, 6.45) is 6.29. The Morgan fingerprint density at radius 2 is 1.71 bits per heavy atom. The summed E-state index contributed by atoms with van der Waals surface area (Å²) in [6.45, 7) is 1.24. The van der Waals surface area contributed by atoms with Gasteiger partial charge >= 0.3 is 0 Å². The lowest BCUT2D eigenvalue weighted by molar-refractivity contribution is -0.0717. The Hall–Kier alpha value is -3.04. The monoisotopic (exact) mass is 584 g/mol. The number of fused-ring (bicyclic) bond motifs is 1. The highest BCUT2D eigenvalue weighted by Crippen LogP contribution is 2.34. The molecule has 4 atom stereocenters. The van der Waals surface area contributed by atoms with Crippen molar-refractivity contribution in [3.8, 4) is 0 Å². The average Bonchev–Trinajstić information content (AvgIpc) is 3.57. The van der Waals surface area contributed by atoms with E-state index >= 15 is 0 Å². The third-order valence-corrected chi connectivity index (χ3v) is 7.78. The number of anilines is 1. The standard InChI is InChI=1S/C29H44N8O5/c30-14-6-4-11-29(32,12-5-7-15-31)13-8-16-41-24-23(39)21(17-38)42-28(24)37-19-35-22-25(33-18-34-26(22)37)36-27(40)20-9-2-1-3-10-20/h1-3,9-10,18-19,21,23-24,28,38-39H,4-8,11-17,30-32H2,(H,33,34,36,40)/t21-,23-,24-,28-/m1/s1. The highest BCUT2D eigenvalue weighted by molar-refractivity contribution is 6.06. The van der Waals surface area contributed by atoms with Gasteiger partial charge in [-0.25, -0.2) is 15.0 Å². The number of aliphatic hydroxyl groups excluding tert-OH is 2. The van der Waals surface area contributed by atoms with Gasteiger partial charge in [0.05, 0.1) is 12.9 Å². The number of hydrogen-bond donors (Lipinski definition) is 6. The predicted molar refractivity (Wildman–Crippen MR) is 158 cm³/mol. The molecular weight excluding hydrogens is 540 g/mol. The fourth-order valence-electron chi connectivity index (χ4n) is 5.43. The minimum atomic E-state index is -1.08. The number of ether oxygens (including phenoxy) is 2. The smallest absolute Gasteiger partial charge is 0.256 e. The highest BCUT2D eigenvalue weighted by Gasteiger charge is 2.46. The molecule has 3 aromatic rings. The van der Waals surface area contributed by atoms with Gasteiger partial charge in [-0.1, -0.05) is 31.0 Å². The van der Waals surface area contributed by atoms with Crippen LogP contribution in [0.2, 0.25) is 0 Å². The number of unbranched alkanes of at least 4 members (excludes halogenated alkanes) is 2. The van der Waals surface area contributed by atoms with Crippen molar-refractivity contribution >= 4 is 22.9 Å². The zero-order valence-corrected chi connectivity index (χ0v) is 24.0. The van der Waals surface area contributed by atoms with Gasteiger partial charge in [0.25, 0.3) is 5.91 Å². The number of aromatic nitrogens is 4. The molecule has 0 saturated carbocycles. The lowest BCUT2D eigenvalue weighted by Crippen LogP contribution is -2.40. The summed E-state index contributed by atoms with van der Waals surface area (Å²) in [6, 6.07) is 8.78. The van der Waals surface area contributed by atoms with Crippen molar-refractivity contribution in [2.45, 2.75) is 81.4 Å². The van der Waals surface area contributed by atoms with E-state index < -0.39 is 24.5 Å². The molecule has 1 aliphatic heterocycles. The number of imidazole rings is 1. The lowest BCUT2D eigenvalue weighted by atomic mass is 9.84. The number of carbonyl (C=O) groups is 1. The molecule has 0 spiro atoms. The van der Waals surface area contributed by atoms with Crippen LogP contribution in [0.25, 0.3) is 11.2 Å². The summed E-state index contributed by atoms with van der Waals surface area (Å²) in [5.74, 6) is -0.0906. The van der Waals surface area contributed by atoms with Crippen molar-refractivity contribution in [3.63, 3.8) is 0 Å². The highest BCUT2D eigenvalue weighted by atomic mass is 16.6. The number of rotatable bonds is 17. The minimum Gasteiger partial charge on any atom is -0.394 e. The molecule has 1 fully saturated rings. The number of benzene rings is 1. The van der Waals surface area contributed by atoms with Gasteiger partial charge in [0.2, 0.25) is 0 Å². The number of carbonyl (C=O) groups excluding carboxylic acids is 1. The molecule has 1 aromatic carbocycles. The van der Waals surface area contributed by atoms with Crippen LogP contribution in [0.15, 0.2) is 43.0 Å². The number of amides is 1. The number of aliphatic hydroxyl groups is 2. The van der Waals surface area contributed by atoms with E-state index in [-0.39, 0.29) is 23.9 Å². The van der Waals surface area contributed by atoms with Crippen LogP contribution in [0.5, 0.6) is 0 Å². The van der Waals surface area contributed by atoms with Crippen LogP contribution in [0, 0.1) is 0 Å². The zero-order chi connectivity index (χ0) is 30.0. The van der Waals surface area contributed by atoms with Crippen LogP contribution in [0.1, 0.15) is 68.0 Å². The van der Waals surface area contributed by atoms with E-state index in [1.165, 1.54) is 12.7 Å². The summed E-state index contributed by atoms with van der Waals surface area (Å²) in [5.41, 5.74) is 19.1. The van der Waals surface area contributed by atoms with Crippen LogP contribution in [-0.2, 0) is 9.47 Å². The van der Waals surface area contributed by atoms with Gasteiger partial charge < -0.3 is 42.2 Å². The second-order valence-corrected chi connectivity index (χ2v) is 10.9. The quantitative estimate of drug-likeness (QED) is 0.125. The van der Waals surface area contributed by atoms with Crippen molar-refractivity contribution < 1.29 is 24.5 Å². The van der Waals surface area contributed by atoms with Crippen LogP contribution in [-0.4, -0.2) is 85.8 Å². The second kappa shape index (κ2) is 15.4. The summed E-state index contributed by atoms with van der Waals surface area (Å²) in [4.78, 5) is 25.7. The first-order valence-corrected chi connectivity index (χ1v) is 14.7. The van der Waals surface area contributed by atoms with Crippen molar-refractivity contribution in [3.05, 3.63) is 48.5 Å². The first-order chi connectivity index (χ1) is 20.4. The van der Waals surface area contributed by atoms with Gasteiger partial charge in [-0.05, 0) is 63.7 Å². The Morgan fingerprint density at radius 3 is 2.38 bits per heavy atom. The number of nitrogens with one attached hydrogen (secondary N) is 1. The van der Waals surface area contributed by atoms with E-state index in [4.69, 9.17) is 26.7 Å². The van der Waals surface area contributed by atoms with E-state index in [1.807, 2.05) is 6.07 Å². The van der Waals surface area contributed by atoms with E-state index in [9.17, 15) is 15.0 Å². The Bertz CT molecular complexity index is 1250. The Balaban J connectivity index is 1.45. The van der Waals surface area contributed by atoms with Crippen molar-refractivity contribution in [1.29, 1.82) is 0 Å². The molecule has 1 amide bonds. The minimum absolute atomic E-state index is 0.242. The molecule has 0 bridgehead atoms. The molecule has 13 heteroatoms. The first kappa shape index (κ1) is 31.9. The van der Waals surface area contributed by atoms with E-state index in [1.54, 1.807) is 28.8 Å². The van der Waals surface area contributed by atoms with Crippen molar-refractivity contribution in [2.24, 2.45) is 17.2 Å². The molecular formula is C29H44N8O5. The summed E-state index contributed by atoms with van der Waals surface area (Å²) < 4.78 is 13.8.